The summed E-state index contributed by atoms with van der Waals surface area (Å²) >= 11 is 0. The Morgan fingerprint density at radius 2 is 1.56 bits per heavy atom. The van der Waals surface area contributed by atoms with Gasteiger partial charge in [-0.3, -0.25) is 0 Å². The Kier molecular flexibility index (Phi) is 4.38. The van der Waals surface area contributed by atoms with Crippen LogP contribution in [0.25, 0.3) is 0 Å². The molecule has 3 heteroatoms. The van der Waals surface area contributed by atoms with Gasteiger partial charge in [0.1, 0.15) is 0 Å². The Labute approximate surface area is 99.3 Å². The summed E-state index contributed by atoms with van der Waals surface area (Å²) in [7, 11) is 0. The van der Waals surface area contributed by atoms with Crippen molar-refractivity contribution in [1.29, 1.82) is 0 Å². The van der Waals surface area contributed by atoms with E-state index in [-0.39, 0.29) is 17.7 Å². The van der Waals surface area contributed by atoms with E-state index < -0.39 is 5.60 Å². The monoisotopic (exact) mass is 229 g/mol. The van der Waals surface area contributed by atoms with Gasteiger partial charge in [-0.15, -0.1) is 0 Å². The van der Waals surface area contributed by atoms with Crippen LogP contribution in [0, 0.1) is 0 Å². The first-order valence-electron chi connectivity index (χ1n) is 6.42. The second kappa shape index (κ2) is 5.03. The van der Waals surface area contributed by atoms with Gasteiger partial charge >= 0.3 is 0 Å². The van der Waals surface area contributed by atoms with Gasteiger partial charge < -0.3 is 15.5 Å². The van der Waals surface area contributed by atoms with Crippen LogP contribution in [-0.2, 0) is 0 Å². The van der Waals surface area contributed by atoms with Crippen molar-refractivity contribution >= 4 is 0 Å². The van der Waals surface area contributed by atoms with Gasteiger partial charge in [0.2, 0.25) is 0 Å². The van der Waals surface area contributed by atoms with Gasteiger partial charge in [0.15, 0.2) is 0 Å². The van der Waals surface area contributed by atoms with Gasteiger partial charge in [-0.2, -0.15) is 0 Å². The molecular formula is C13H27NO2. The molecule has 1 saturated carbocycles. The highest BCUT2D eigenvalue weighted by Crippen LogP contribution is 2.25. The number of nitrogens with one attached hydrogen (secondary N) is 1. The molecule has 0 aliphatic heterocycles. The maximum Gasteiger partial charge on any atom is 0.0767 e. The van der Waals surface area contributed by atoms with Crippen LogP contribution >= 0.6 is 0 Å². The summed E-state index contributed by atoms with van der Waals surface area (Å²) in [6, 6.07) is 0.115. The van der Waals surface area contributed by atoms with E-state index in [2.05, 4.69) is 5.32 Å². The van der Waals surface area contributed by atoms with E-state index in [0.717, 1.165) is 25.7 Å². The van der Waals surface area contributed by atoms with Crippen LogP contribution in [0.4, 0.5) is 0 Å². The Morgan fingerprint density at radius 1 is 1.00 bits per heavy atom. The maximum absolute atomic E-state index is 10.1. The van der Waals surface area contributed by atoms with E-state index >= 15 is 0 Å². The summed E-state index contributed by atoms with van der Waals surface area (Å²) in [6.07, 6.45) is 5.08. The minimum absolute atomic E-state index is 0.115. The molecule has 0 spiro atoms. The molecule has 0 aromatic carbocycles. The number of rotatable bonds is 3. The Morgan fingerprint density at radius 3 is 2.12 bits per heavy atom. The zero-order valence-electron chi connectivity index (χ0n) is 11.1. The van der Waals surface area contributed by atoms with Gasteiger partial charge in [0, 0.05) is 11.6 Å². The van der Waals surface area contributed by atoms with Gasteiger partial charge in [0.05, 0.1) is 11.7 Å². The summed E-state index contributed by atoms with van der Waals surface area (Å²) in [4.78, 5) is 0. The van der Waals surface area contributed by atoms with Crippen LogP contribution in [0.15, 0.2) is 0 Å². The molecule has 3 nitrogen and oxygen atoms in total. The maximum atomic E-state index is 10.1. The molecule has 0 saturated heterocycles. The lowest BCUT2D eigenvalue weighted by atomic mass is 9.84. The summed E-state index contributed by atoms with van der Waals surface area (Å²) < 4.78 is 0. The molecule has 0 aromatic rings. The van der Waals surface area contributed by atoms with Gasteiger partial charge in [-0.1, -0.05) is 19.3 Å². The fourth-order valence-corrected chi connectivity index (χ4v) is 2.10. The van der Waals surface area contributed by atoms with Crippen molar-refractivity contribution in [1.82, 2.24) is 5.32 Å². The van der Waals surface area contributed by atoms with E-state index in [9.17, 15) is 10.2 Å². The number of aliphatic hydroxyl groups is 2. The quantitative estimate of drug-likeness (QED) is 0.647. The first kappa shape index (κ1) is 13.9. The molecule has 96 valence electrons. The van der Waals surface area contributed by atoms with Crippen LogP contribution in [0.1, 0.15) is 59.8 Å². The molecule has 0 aromatic heterocycles. The van der Waals surface area contributed by atoms with Gasteiger partial charge in [-0.05, 0) is 40.5 Å². The van der Waals surface area contributed by atoms with Crippen LogP contribution in [0.5, 0.6) is 0 Å². The third kappa shape index (κ3) is 3.44. The molecule has 1 aliphatic rings. The van der Waals surface area contributed by atoms with Crippen LogP contribution < -0.4 is 5.32 Å². The third-order valence-electron chi connectivity index (χ3n) is 4.06. The van der Waals surface area contributed by atoms with Gasteiger partial charge in [-0.25, -0.2) is 0 Å². The van der Waals surface area contributed by atoms with Crippen molar-refractivity contribution in [2.75, 3.05) is 0 Å². The Bertz CT molecular complexity index is 220. The zero-order chi connectivity index (χ0) is 12.4. The van der Waals surface area contributed by atoms with Crippen molar-refractivity contribution in [3.8, 4) is 0 Å². The summed E-state index contributed by atoms with van der Waals surface area (Å²) in [5.74, 6) is 0. The fourth-order valence-electron chi connectivity index (χ4n) is 2.10. The van der Waals surface area contributed by atoms with E-state index in [1.54, 1.807) is 0 Å². The molecule has 3 N–H and O–H groups in total. The molecule has 0 amide bonds. The molecule has 0 heterocycles. The zero-order valence-corrected chi connectivity index (χ0v) is 11.1. The predicted molar refractivity (Wildman–Crippen MR) is 66.4 cm³/mol. The second-order valence-corrected chi connectivity index (χ2v) is 6.14. The molecule has 1 rings (SSSR count). The number of aliphatic hydroxyl groups excluding tert-OH is 1. The first-order valence-corrected chi connectivity index (χ1v) is 6.42. The summed E-state index contributed by atoms with van der Waals surface area (Å²) in [5.41, 5.74) is -1.18. The summed E-state index contributed by atoms with van der Waals surface area (Å²) in [5, 5.41) is 23.5. The largest absolute Gasteiger partial charge is 0.392 e. The number of hydrogen-bond acceptors (Lipinski definition) is 3. The predicted octanol–water partition coefficient (Wildman–Crippen LogP) is 1.82. The lowest BCUT2D eigenvalue weighted by Crippen LogP contribution is -2.61. The SMILES string of the molecule is CC(C)(O)C(C)(C)NC1CCCCCC1O. The molecule has 0 bridgehead atoms. The van der Waals surface area contributed by atoms with Crippen molar-refractivity contribution in [3.05, 3.63) is 0 Å². The lowest BCUT2D eigenvalue weighted by Gasteiger charge is -2.42. The third-order valence-corrected chi connectivity index (χ3v) is 4.06. The van der Waals surface area contributed by atoms with E-state index in [1.165, 1.54) is 6.42 Å². The van der Waals surface area contributed by atoms with Crippen molar-refractivity contribution in [2.45, 2.75) is 83.1 Å². The lowest BCUT2D eigenvalue weighted by molar-refractivity contribution is -0.0214. The van der Waals surface area contributed by atoms with Crippen LogP contribution in [0.2, 0.25) is 0 Å². The smallest absolute Gasteiger partial charge is 0.0767 e. The highest BCUT2D eigenvalue weighted by molar-refractivity contribution is 4.97. The average molecular weight is 229 g/mol. The second-order valence-electron chi connectivity index (χ2n) is 6.14. The molecule has 16 heavy (non-hydrogen) atoms. The number of hydrogen-bond donors (Lipinski definition) is 3. The summed E-state index contributed by atoms with van der Waals surface area (Å²) in [6.45, 7) is 7.60. The molecule has 0 radical (unpaired) electrons. The van der Waals surface area contributed by atoms with Crippen LogP contribution in [-0.4, -0.2) is 33.5 Å². The normalized spacial score (nSPS) is 28.9. The van der Waals surface area contributed by atoms with Gasteiger partial charge in [0.25, 0.3) is 0 Å². The minimum atomic E-state index is -0.793. The Hall–Kier alpha value is -0.120. The molecular weight excluding hydrogens is 202 g/mol. The topological polar surface area (TPSA) is 52.5 Å². The van der Waals surface area contributed by atoms with E-state index in [0.29, 0.717) is 0 Å². The molecule has 2 unspecified atom stereocenters. The molecule has 1 aliphatic carbocycles. The van der Waals surface area contributed by atoms with E-state index in [1.807, 2.05) is 27.7 Å². The average Bonchev–Trinajstić information content (AvgIpc) is 2.30. The van der Waals surface area contributed by atoms with Crippen molar-refractivity contribution in [3.63, 3.8) is 0 Å². The first-order chi connectivity index (χ1) is 7.24. The highest BCUT2D eigenvalue weighted by Gasteiger charge is 2.38. The molecule has 2 atom stereocenters. The standard InChI is InChI=1S/C13H27NO2/c1-12(2,13(3,4)16)14-10-8-6-5-7-9-11(10)15/h10-11,14-16H,5-9H2,1-4H3. The highest BCUT2D eigenvalue weighted by atomic mass is 16.3. The van der Waals surface area contributed by atoms with Crippen molar-refractivity contribution in [2.24, 2.45) is 0 Å². The van der Waals surface area contributed by atoms with E-state index in [4.69, 9.17) is 0 Å². The minimum Gasteiger partial charge on any atom is -0.392 e. The van der Waals surface area contributed by atoms with Crippen LogP contribution in [0.3, 0.4) is 0 Å². The van der Waals surface area contributed by atoms with Crippen molar-refractivity contribution < 1.29 is 10.2 Å². The Balaban J connectivity index is 2.64. The fraction of sp³-hybridized carbons (Fsp3) is 1.00. The molecule has 1 fully saturated rings.